The zero-order valence-corrected chi connectivity index (χ0v) is 14.3. The topological polar surface area (TPSA) is 87.4 Å². The van der Waals surface area contributed by atoms with E-state index < -0.39 is 0 Å². The number of likely N-dealkylation sites (N-methyl/N-ethyl adjacent to an activating group) is 1. The number of guanidine groups is 1. The molecule has 0 radical (unpaired) electrons. The third-order valence-corrected chi connectivity index (χ3v) is 2.77. The van der Waals surface area contributed by atoms with Crippen molar-refractivity contribution in [3.05, 3.63) is 12.2 Å². The van der Waals surface area contributed by atoms with Crippen molar-refractivity contribution >= 4 is 11.9 Å². The van der Waals surface area contributed by atoms with Crippen LogP contribution in [0.4, 0.5) is 0 Å². The maximum atomic E-state index is 12.0. The standard InChI is InChI=1S/C14H27N7O/c1-7-15-13(16-8-11-17-10-18-21(11)6)20(5)9-12(22)19-14(2,3)4/h10H,7-9H2,1-6H3,(H,15,16)(H,19,22). The second-order valence-electron chi connectivity index (χ2n) is 6.12. The number of aliphatic imine (C=N–C) groups is 1. The second-order valence-corrected chi connectivity index (χ2v) is 6.12. The molecular weight excluding hydrogens is 282 g/mol. The van der Waals surface area contributed by atoms with Gasteiger partial charge in [-0.3, -0.25) is 9.48 Å². The Balaban J connectivity index is 2.68. The first kappa shape index (κ1) is 17.9. The van der Waals surface area contributed by atoms with Gasteiger partial charge in [0.1, 0.15) is 18.7 Å². The van der Waals surface area contributed by atoms with Gasteiger partial charge in [0.25, 0.3) is 0 Å². The smallest absolute Gasteiger partial charge is 0.240 e. The number of aryl methyl sites for hydroxylation is 1. The van der Waals surface area contributed by atoms with Crippen molar-refractivity contribution in [2.75, 3.05) is 20.1 Å². The van der Waals surface area contributed by atoms with Crippen LogP contribution in [0.25, 0.3) is 0 Å². The fourth-order valence-electron chi connectivity index (χ4n) is 1.83. The summed E-state index contributed by atoms with van der Waals surface area (Å²) in [5.74, 6) is 1.39. The molecule has 0 atom stereocenters. The van der Waals surface area contributed by atoms with E-state index in [9.17, 15) is 4.79 Å². The minimum absolute atomic E-state index is 0.0424. The van der Waals surface area contributed by atoms with E-state index in [1.54, 1.807) is 9.58 Å². The highest BCUT2D eigenvalue weighted by Crippen LogP contribution is 1.99. The summed E-state index contributed by atoms with van der Waals surface area (Å²) in [5, 5.41) is 10.1. The zero-order chi connectivity index (χ0) is 16.8. The van der Waals surface area contributed by atoms with Crippen LogP contribution >= 0.6 is 0 Å². The Kier molecular flexibility index (Phi) is 6.33. The molecule has 0 aliphatic rings. The van der Waals surface area contributed by atoms with Crippen molar-refractivity contribution in [1.82, 2.24) is 30.3 Å². The molecule has 0 fully saturated rings. The lowest BCUT2D eigenvalue weighted by Gasteiger charge is -2.25. The number of nitrogens with one attached hydrogen (secondary N) is 2. The zero-order valence-electron chi connectivity index (χ0n) is 14.3. The molecule has 1 amide bonds. The van der Waals surface area contributed by atoms with Crippen molar-refractivity contribution in [1.29, 1.82) is 0 Å². The lowest BCUT2D eigenvalue weighted by atomic mass is 10.1. The molecule has 0 unspecified atom stereocenters. The van der Waals surface area contributed by atoms with Crippen LogP contribution in [-0.2, 0) is 18.4 Å². The van der Waals surface area contributed by atoms with E-state index in [1.807, 2.05) is 41.8 Å². The first-order chi connectivity index (χ1) is 10.2. The van der Waals surface area contributed by atoms with E-state index in [1.165, 1.54) is 6.33 Å². The molecule has 0 aromatic carbocycles. The van der Waals surface area contributed by atoms with E-state index in [0.29, 0.717) is 12.5 Å². The van der Waals surface area contributed by atoms with Gasteiger partial charge in [0, 0.05) is 26.2 Å². The van der Waals surface area contributed by atoms with Gasteiger partial charge < -0.3 is 15.5 Å². The van der Waals surface area contributed by atoms with Gasteiger partial charge in [0.05, 0.1) is 6.54 Å². The van der Waals surface area contributed by atoms with Crippen molar-refractivity contribution in [3.63, 3.8) is 0 Å². The lowest BCUT2D eigenvalue weighted by Crippen LogP contribution is -2.48. The van der Waals surface area contributed by atoms with Crippen LogP contribution < -0.4 is 10.6 Å². The molecule has 8 nitrogen and oxygen atoms in total. The normalized spacial score (nSPS) is 12.2. The summed E-state index contributed by atoms with van der Waals surface area (Å²) in [4.78, 5) is 22.4. The third-order valence-electron chi connectivity index (χ3n) is 2.77. The minimum Gasteiger partial charge on any atom is -0.357 e. The number of hydrogen-bond acceptors (Lipinski definition) is 4. The molecule has 124 valence electrons. The van der Waals surface area contributed by atoms with Gasteiger partial charge in [-0.05, 0) is 27.7 Å². The largest absolute Gasteiger partial charge is 0.357 e. The van der Waals surface area contributed by atoms with E-state index in [4.69, 9.17) is 0 Å². The molecule has 0 spiro atoms. The van der Waals surface area contributed by atoms with E-state index >= 15 is 0 Å². The van der Waals surface area contributed by atoms with Gasteiger partial charge in [0.15, 0.2) is 5.96 Å². The summed E-state index contributed by atoms with van der Waals surface area (Å²) in [7, 11) is 3.66. The molecule has 0 saturated heterocycles. The van der Waals surface area contributed by atoms with Gasteiger partial charge in [-0.15, -0.1) is 0 Å². The minimum atomic E-state index is -0.244. The number of nitrogens with zero attached hydrogens (tertiary/aromatic N) is 5. The number of rotatable bonds is 5. The second kappa shape index (κ2) is 7.77. The van der Waals surface area contributed by atoms with Gasteiger partial charge in [0.2, 0.25) is 5.91 Å². The fourth-order valence-corrected chi connectivity index (χ4v) is 1.83. The van der Waals surface area contributed by atoms with E-state index in [2.05, 4.69) is 25.7 Å². The Morgan fingerprint density at radius 3 is 2.64 bits per heavy atom. The van der Waals surface area contributed by atoms with Crippen LogP contribution in [0.15, 0.2) is 11.3 Å². The number of carbonyl (C=O) groups is 1. The quantitative estimate of drug-likeness (QED) is 0.596. The first-order valence-electron chi connectivity index (χ1n) is 7.36. The molecule has 1 aromatic heterocycles. The summed E-state index contributed by atoms with van der Waals surface area (Å²) in [5.41, 5.74) is -0.244. The molecule has 1 rings (SSSR count). The monoisotopic (exact) mass is 309 g/mol. The summed E-state index contributed by atoms with van der Waals surface area (Å²) >= 11 is 0. The van der Waals surface area contributed by atoms with Crippen molar-refractivity contribution in [2.45, 2.75) is 39.8 Å². The molecule has 22 heavy (non-hydrogen) atoms. The Hall–Kier alpha value is -2.12. The Morgan fingerprint density at radius 2 is 2.14 bits per heavy atom. The molecule has 2 N–H and O–H groups in total. The van der Waals surface area contributed by atoms with E-state index in [0.717, 1.165) is 12.4 Å². The van der Waals surface area contributed by atoms with Gasteiger partial charge in [-0.25, -0.2) is 9.98 Å². The maximum absolute atomic E-state index is 12.0. The van der Waals surface area contributed by atoms with Crippen LogP contribution in [0.2, 0.25) is 0 Å². The SMILES string of the molecule is CCNC(=NCc1ncnn1C)N(C)CC(=O)NC(C)(C)C. The summed E-state index contributed by atoms with van der Waals surface area (Å²) in [6.07, 6.45) is 1.50. The highest BCUT2D eigenvalue weighted by molar-refractivity contribution is 5.86. The summed E-state index contributed by atoms with van der Waals surface area (Å²) < 4.78 is 1.68. The predicted molar refractivity (Wildman–Crippen MR) is 86.3 cm³/mol. The average molecular weight is 309 g/mol. The molecular formula is C14H27N7O. The van der Waals surface area contributed by atoms with Gasteiger partial charge in [-0.1, -0.05) is 0 Å². The van der Waals surface area contributed by atoms with Gasteiger partial charge in [-0.2, -0.15) is 5.10 Å². The van der Waals surface area contributed by atoms with Gasteiger partial charge >= 0.3 is 0 Å². The number of hydrogen-bond donors (Lipinski definition) is 2. The predicted octanol–water partition coefficient (Wildman–Crippen LogP) is 0.127. The number of aromatic nitrogens is 3. The Bertz CT molecular complexity index is 516. The van der Waals surface area contributed by atoms with Crippen molar-refractivity contribution < 1.29 is 4.79 Å². The Labute approximate surface area is 132 Å². The molecule has 0 aliphatic heterocycles. The summed E-state index contributed by atoms with van der Waals surface area (Å²) in [6, 6.07) is 0. The lowest BCUT2D eigenvalue weighted by molar-refractivity contribution is -0.122. The molecule has 0 bridgehead atoms. The highest BCUT2D eigenvalue weighted by Gasteiger charge is 2.16. The highest BCUT2D eigenvalue weighted by atomic mass is 16.2. The molecule has 8 heteroatoms. The van der Waals surface area contributed by atoms with Crippen molar-refractivity contribution in [2.24, 2.45) is 12.0 Å². The average Bonchev–Trinajstić information content (AvgIpc) is 2.77. The molecule has 0 aliphatic carbocycles. The number of amides is 1. The van der Waals surface area contributed by atoms with Crippen LogP contribution in [-0.4, -0.2) is 57.2 Å². The first-order valence-corrected chi connectivity index (χ1v) is 7.36. The fraction of sp³-hybridized carbons (Fsp3) is 0.714. The maximum Gasteiger partial charge on any atom is 0.240 e. The van der Waals surface area contributed by atoms with Crippen LogP contribution in [0.1, 0.15) is 33.5 Å². The third kappa shape index (κ3) is 6.11. The van der Waals surface area contributed by atoms with Crippen molar-refractivity contribution in [3.8, 4) is 0 Å². The van der Waals surface area contributed by atoms with E-state index in [-0.39, 0.29) is 18.0 Å². The molecule has 1 aromatic rings. The Morgan fingerprint density at radius 1 is 1.45 bits per heavy atom. The molecule has 1 heterocycles. The van der Waals surface area contributed by atoms with Crippen LogP contribution in [0, 0.1) is 0 Å². The number of carbonyl (C=O) groups excluding carboxylic acids is 1. The molecule has 0 saturated carbocycles. The summed E-state index contributed by atoms with van der Waals surface area (Å²) in [6.45, 7) is 9.23. The van der Waals surface area contributed by atoms with Crippen LogP contribution in [0.3, 0.4) is 0 Å². The van der Waals surface area contributed by atoms with Crippen LogP contribution in [0.5, 0.6) is 0 Å².